The molecular weight excluding hydrogens is 361 g/mol. The molecular formula is C20H18FN5O2. The van der Waals surface area contributed by atoms with E-state index in [1.807, 2.05) is 0 Å². The van der Waals surface area contributed by atoms with Gasteiger partial charge in [0.25, 0.3) is 0 Å². The number of rotatable bonds is 4. The Morgan fingerprint density at radius 3 is 2.82 bits per heavy atom. The Labute approximate surface area is 160 Å². The monoisotopic (exact) mass is 379 g/mol. The number of H-pyrrole nitrogens is 1. The Hall–Kier alpha value is -3.68. The number of pyridine rings is 1. The van der Waals surface area contributed by atoms with E-state index >= 15 is 0 Å². The zero-order valence-corrected chi connectivity index (χ0v) is 15.6. The maximum Gasteiger partial charge on any atom is 0.200 e. The summed E-state index contributed by atoms with van der Waals surface area (Å²) < 4.78 is 21.4. The number of nitrogens with one attached hydrogen (secondary N) is 1. The first kappa shape index (κ1) is 17.7. The molecule has 0 atom stereocenters. The van der Waals surface area contributed by atoms with Crippen LogP contribution < -0.4 is 4.74 Å². The lowest BCUT2D eigenvalue weighted by Crippen LogP contribution is -1.97. The number of methoxy groups -OCH3 is 1. The lowest BCUT2D eigenvalue weighted by atomic mass is 10.1. The Morgan fingerprint density at radius 1 is 1.29 bits per heavy atom. The number of aryl methyl sites for hydroxylation is 1. The van der Waals surface area contributed by atoms with E-state index in [1.165, 1.54) is 13.2 Å². The average molecular weight is 379 g/mol. The highest BCUT2D eigenvalue weighted by Crippen LogP contribution is 2.34. The van der Waals surface area contributed by atoms with Gasteiger partial charge in [0.1, 0.15) is 22.8 Å². The van der Waals surface area contributed by atoms with Gasteiger partial charge in [-0.1, -0.05) is 6.07 Å². The van der Waals surface area contributed by atoms with Crippen LogP contribution in [0, 0.1) is 5.82 Å². The molecule has 3 heterocycles. The highest BCUT2D eigenvalue weighted by Gasteiger charge is 2.19. The zero-order chi connectivity index (χ0) is 19.8. The van der Waals surface area contributed by atoms with Crippen molar-refractivity contribution >= 4 is 22.4 Å². The number of ether oxygens (including phenoxy) is 1. The standard InChI is InChI=1S/C20H18FN5O2/c1-11(23-12-9-22-26(2)10-12)17-19-15(25-20(17)27)8-7-14(24-19)18-13(21)5-4-6-16(18)28-3/h4-10,25,27H,1-3H3. The molecule has 28 heavy (non-hydrogen) atoms. The topological polar surface area (TPSA) is 88.3 Å². The van der Waals surface area contributed by atoms with Crippen molar-refractivity contribution in [2.24, 2.45) is 12.0 Å². The van der Waals surface area contributed by atoms with Gasteiger partial charge in [-0.3, -0.25) is 4.68 Å². The molecule has 4 rings (SSSR count). The molecule has 0 aliphatic rings. The first-order valence-corrected chi connectivity index (χ1v) is 8.57. The molecule has 0 aliphatic heterocycles. The summed E-state index contributed by atoms with van der Waals surface area (Å²) in [6, 6.07) is 8.03. The minimum atomic E-state index is -0.437. The van der Waals surface area contributed by atoms with E-state index in [0.29, 0.717) is 39.4 Å². The highest BCUT2D eigenvalue weighted by molar-refractivity contribution is 6.11. The Balaban J connectivity index is 1.89. The molecule has 0 amide bonds. The average Bonchev–Trinajstić information content (AvgIpc) is 3.22. The smallest absolute Gasteiger partial charge is 0.200 e. The van der Waals surface area contributed by atoms with E-state index in [4.69, 9.17) is 4.74 Å². The van der Waals surface area contributed by atoms with Crippen LogP contribution in [0.1, 0.15) is 12.5 Å². The van der Waals surface area contributed by atoms with Gasteiger partial charge in [-0.2, -0.15) is 5.10 Å². The van der Waals surface area contributed by atoms with E-state index in [0.717, 1.165) is 0 Å². The van der Waals surface area contributed by atoms with Crippen LogP contribution >= 0.6 is 0 Å². The Bertz CT molecular complexity index is 1210. The number of hydrogen-bond donors (Lipinski definition) is 2. The number of aromatic hydroxyl groups is 1. The molecule has 1 aromatic carbocycles. The van der Waals surface area contributed by atoms with Crippen molar-refractivity contribution in [3.8, 4) is 22.9 Å². The summed E-state index contributed by atoms with van der Waals surface area (Å²) in [6.45, 7) is 1.77. The molecule has 0 radical (unpaired) electrons. The van der Waals surface area contributed by atoms with E-state index in [9.17, 15) is 9.50 Å². The lowest BCUT2D eigenvalue weighted by Gasteiger charge is -2.09. The Kier molecular flexibility index (Phi) is 4.31. The number of hydrogen-bond acceptors (Lipinski definition) is 5. The van der Waals surface area contributed by atoms with Crippen LogP contribution in [0.4, 0.5) is 10.1 Å². The summed E-state index contributed by atoms with van der Waals surface area (Å²) in [4.78, 5) is 12.0. The van der Waals surface area contributed by atoms with Gasteiger partial charge in [-0.05, 0) is 31.2 Å². The number of nitrogens with zero attached hydrogens (tertiary/aromatic N) is 4. The van der Waals surface area contributed by atoms with Crippen LogP contribution in [0.3, 0.4) is 0 Å². The van der Waals surface area contributed by atoms with Crippen molar-refractivity contribution in [2.45, 2.75) is 6.92 Å². The molecule has 0 spiro atoms. The van der Waals surface area contributed by atoms with Gasteiger partial charge >= 0.3 is 0 Å². The predicted octanol–water partition coefficient (Wildman–Crippen LogP) is 3.96. The molecule has 2 N–H and O–H groups in total. The maximum absolute atomic E-state index is 14.5. The zero-order valence-electron chi connectivity index (χ0n) is 15.6. The van der Waals surface area contributed by atoms with Crippen LogP contribution in [-0.2, 0) is 7.05 Å². The predicted molar refractivity (Wildman–Crippen MR) is 105 cm³/mol. The van der Waals surface area contributed by atoms with Gasteiger partial charge in [-0.15, -0.1) is 0 Å². The van der Waals surface area contributed by atoms with E-state index in [1.54, 1.807) is 55.3 Å². The third kappa shape index (κ3) is 2.98. The summed E-state index contributed by atoms with van der Waals surface area (Å²) in [7, 11) is 3.28. The summed E-state index contributed by atoms with van der Waals surface area (Å²) in [5.41, 5.74) is 3.44. The number of aliphatic imine (C=N–C) groups is 1. The summed E-state index contributed by atoms with van der Waals surface area (Å²) in [6.07, 6.45) is 3.39. The minimum absolute atomic E-state index is 0.0507. The van der Waals surface area contributed by atoms with E-state index < -0.39 is 5.82 Å². The van der Waals surface area contributed by atoms with Gasteiger partial charge in [0, 0.05) is 7.05 Å². The quantitative estimate of drug-likeness (QED) is 0.526. The number of benzene rings is 1. The first-order valence-electron chi connectivity index (χ1n) is 8.57. The summed E-state index contributed by atoms with van der Waals surface area (Å²) in [5.74, 6) is -0.104. The van der Waals surface area contributed by atoms with E-state index in [2.05, 4.69) is 20.1 Å². The summed E-state index contributed by atoms with van der Waals surface area (Å²) >= 11 is 0. The molecule has 0 bridgehead atoms. The van der Waals surface area contributed by atoms with Crippen LogP contribution in [0.25, 0.3) is 22.3 Å². The normalized spacial score (nSPS) is 11.9. The van der Waals surface area contributed by atoms with Crippen molar-refractivity contribution in [1.82, 2.24) is 19.7 Å². The second kappa shape index (κ2) is 6.80. The fourth-order valence-electron chi connectivity index (χ4n) is 3.17. The van der Waals surface area contributed by atoms with Crippen LogP contribution in [0.5, 0.6) is 11.6 Å². The van der Waals surface area contributed by atoms with Gasteiger partial charge < -0.3 is 14.8 Å². The molecule has 0 saturated heterocycles. The number of aromatic nitrogens is 4. The largest absolute Gasteiger partial charge is 0.496 e. The van der Waals surface area contributed by atoms with Crippen molar-refractivity contribution < 1.29 is 14.2 Å². The fourth-order valence-corrected chi connectivity index (χ4v) is 3.17. The third-order valence-corrected chi connectivity index (χ3v) is 4.42. The van der Waals surface area contributed by atoms with Crippen molar-refractivity contribution in [3.63, 3.8) is 0 Å². The molecule has 3 aromatic heterocycles. The third-order valence-electron chi connectivity index (χ3n) is 4.42. The lowest BCUT2D eigenvalue weighted by molar-refractivity contribution is 0.413. The molecule has 7 nitrogen and oxygen atoms in total. The Morgan fingerprint density at radius 2 is 2.11 bits per heavy atom. The van der Waals surface area contributed by atoms with Crippen LogP contribution in [-0.4, -0.2) is 37.7 Å². The molecule has 4 aromatic rings. The number of aromatic amines is 1. The number of fused-ring (bicyclic) bond motifs is 1. The van der Waals surface area contributed by atoms with Crippen molar-refractivity contribution in [2.75, 3.05) is 7.11 Å². The molecule has 0 fully saturated rings. The fraction of sp³-hybridized carbons (Fsp3) is 0.150. The van der Waals surface area contributed by atoms with Gasteiger partial charge in [-0.25, -0.2) is 14.4 Å². The molecule has 0 unspecified atom stereocenters. The molecule has 142 valence electrons. The summed E-state index contributed by atoms with van der Waals surface area (Å²) in [5, 5.41) is 14.5. The second-order valence-electron chi connectivity index (χ2n) is 6.33. The molecule has 0 saturated carbocycles. The first-order chi connectivity index (χ1) is 13.5. The van der Waals surface area contributed by atoms with Gasteiger partial charge in [0.05, 0.1) is 47.6 Å². The van der Waals surface area contributed by atoms with Crippen molar-refractivity contribution in [3.05, 3.63) is 54.1 Å². The SMILES string of the molecule is COc1cccc(F)c1-c1ccc2[nH]c(O)c(C(C)=Nc3cnn(C)c3)c2n1. The highest BCUT2D eigenvalue weighted by atomic mass is 19.1. The second-order valence-corrected chi connectivity index (χ2v) is 6.33. The molecule has 0 aliphatic carbocycles. The van der Waals surface area contributed by atoms with Gasteiger partial charge in [0.15, 0.2) is 5.88 Å². The molecule has 8 heteroatoms. The minimum Gasteiger partial charge on any atom is -0.496 e. The van der Waals surface area contributed by atoms with Crippen molar-refractivity contribution in [1.29, 1.82) is 0 Å². The van der Waals surface area contributed by atoms with Crippen LogP contribution in [0.15, 0.2) is 47.7 Å². The van der Waals surface area contributed by atoms with Crippen LogP contribution in [0.2, 0.25) is 0 Å². The van der Waals surface area contributed by atoms with Gasteiger partial charge in [0.2, 0.25) is 0 Å². The number of halogens is 1. The maximum atomic E-state index is 14.5. The van der Waals surface area contributed by atoms with E-state index in [-0.39, 0.29) is 11.4 Å².